The fraction of sp³-hybridized carbons (Fsp3) is 0.500. The topological polar surface area (TPSA) is 97.1 Å². The van der Waals surface area contributed by atoms with Crippen molar-refractivity contribution in [2.24, 2.45) is 11.1 Å². The Labute approximate surface area is 101 Å². The SMILES string of the molecule is NS(=O)(=O)c1ccc(NCC2CCNC2)nc1. The van der Waals surface area contributed by atoms with Crippen LogP contribution in [0.3, 0.4) is 0 Å². The first-order valence-electron chi connectivity index (χ1n) is 5.49. The lowest BCUT2D eigenvalue weighted by molar-refractivity contribution is 0.597. The summed E-state index contributed by atoms with van der Waals surface area (Å²) in [6.45, 7) is 2.92. The van der Waals surface area contributed by atoms with E-state index in [1.807, 2.05) is 0 Å². The molecule has 6 nitrogen and oxygen atoms in total. The van der Waals surface area contributed by atoms with Crippen molar-refractivity contribution >= 4 is 15.8 Å². The van der Waals surface area contributed by atoms with E-state index in [2.05, 4.69) is 15.6 Å². The molecule has 1 aromatic rings. The molecule has 1 aliphatic heterocycles. The van der Waals surface area contributed by atoms with Gasteiger partial charge >= 0.3 is 0 Å². The van der Waals surface area contributed by atoms with Gasteiger partial charge < -0.3 is 10.6 Å². The number of nitrogens with one attached hydrogen (secondary N) is 2. The van der Waals surface area contributed by atoms with Gasteiger partial charge in [0.2, 0.25) is 10.0 Å². The number of aromatic nitrogens is 1. The Morgan fingerprint density at radius 1 is 1.53 bits per heavy atom. The first-order valence-corrected chi connectivity index (χ1v) is 7.04. The minimum atomic E-state index is -3.65. The van der Waals surface area contributed by atoms with E-state index in [-0.39, 0.29) is 4.90 Å². The van der Waals surface area contributed by atoms with Gasteiger partial charge in [-0.3, -0.25) is 0 Å². The molecule has 1 unspecified atom stereocenters. The molecular formula is C10H16N4O2S. The minimum Gasteiger partial charge on any atom is -0.370 e. The highest BCUT2D eigenvalue weighted by molar-refractivity contribution is 7.89. The van der Waals surface area contributed by atoms with Crippen molar-refractivity contribution in [3.63, 3.8) is 0 Å². The molecule has 94 valence electrons. The van der Waals surface area contributed by atoms with Gasteiger partial charge in [0.15, 0.2) is 0 Å². The zero-order chi connectivity index (χ0) is 12.3. The van der Waals surface area contributed by atoms with Gasteiger partial charge in [0.25, 0.3) is 0 Å². The molecule has 1 saturated heterocycles. The van der Waals surface area contributed by atoms with E-state index in [4.69, 9.17) is 5.14 Å². The fourth-order valence-corrected chi connectivity index (χ4v) is 2.25. The summed E-state index contributed by atoms with van der Waals surface area (Å²) in [5, 5.41) is 11.4. The molecule has 1 aliphatic rings. The van der Waals surface area contributed by atoms with Crippen LogP contribution in [0.5, 0.6) is 0 Å². The molecule has 0 radical (unpaired) electrons. The lowest BCUT2D eigenvalue weighted by Gasteiger charge is -2.10. The molecule has 0 aliphatic carbocycles. The van der Waals surface area contributed by atoms with Gasteiger partial charge in [0.1, 0.15) is 10.7 Å². The van der Waals surface area contributed by atoms with Gasteiger partial charge in [-0.1, -0.05) is 0 Å². The van der Waals surface area contributed by atoms with Crippen LogP contribution in [0.2, 0.25) is 0 Å². The highest BCUT2D eigenvalue weighted by Gasteiger charge is 2.14. The number of nitrogens with two attached hydrogens (primary N) is 1. The molecule has 0 aromatic carbocycles. The van der Waals surface area contributed by atoms with E-state index >= 15 is 0 Å². The van der Waals surface area contributed by atoms with Crippen LogP contribution in [0, 0.1) is 5.92 Å². The summed E-state index contributed by atoms with van der Waals surface area (Å²) in [7, 11) is -3.65. The zero-order valence-corrected chi connectivity index (χ0v) is 10.2. The van der Waals surface area contributed by atoms with Crippen LogP contribution in [-0.4, -0.2) is 33.0 Å². The average molecular weight is 256 g/mol. The highest BCUT2D eigenvalue weighted by atomic mass is 32.2. The van der Waals surface area contributed by atoms with Crippen LogP contribution in [0.25, 0.3) is 0 Å². The maximum atomic E-state index is 11.0. The number of hydrogen-bond donors (Lipinski definition) is 3. The average Bonchev–Trinajstić information content (AvgIpc) is 2.78. The maximum absolute atomic E-state index is 11.0. The van der Waals surface area contributed by atoms with Crippen molar-refractivity contribution in [3.8, 4) is 0 Å². The normalized spacial score (nSPS) is 20.4. The number of anilines is 1. The molecule has 1 fully saturated rings. The van der Waals surface area contributed by atoms with Crippen LogP contribution >= 0.6 is 0 Å². The molecule has 4 N–H and O–H groups in total. The molecule has 0 saturated carbocycles. The summed E-state index contributed by atoms with van der Waals surface area (Å²) >= 11 is 0. The molecule has 2 heterocycles. The largest absolute Gasteiger partial charge is 0.370 e. The second kappa shape index (κ2) is 4.99. The monoisotopic (exact) mass is 256 g/mol. The Balaban J connectivity index is 1.94. The van der Waals surface area contributed by atoms with Crippen LogP contribution in [-0.2, 0) is 10.0 Å². The van der Waals surface area contributed by atoms with Crippen molar-refractivity contribution in [1.29, 1.82) is 0 Å². The van der Waals surface area contributed by atoms with Crippen LogP contribution in [0.15, 0.2) is 23.2 Å². The number of sulfonamides is 1. The molecule has 17 heavy (non-hydrogen) atoms. The standard InChI is InChI=1S/C10H16N4O2S/c11-17(15,16)9-1-2-10(14-7-9)13-6-8-3-4-12-5-8/h1-2,7-8,12H,3-6H2,(H,13,14)(H2,11,15,16). The molecule has 2 rings (SSSR count). The van der Waals surface area contributed by atoms with Gasteiger partial charge in [-0.25, -0.2) is 18.5 Å². The number of nitrogens with zero attached hydrogens (tertiary/aromatic N) is 1. The minimum absolute atomic E-state index is 0.0329. The van der Waals surface area contributed by atoms with E-state index < -0.39 is 10.0 Å². The Morgan fingerprint density at radius 3 is 2.88 bits per heavy atom. The number of rotatable bonds is 4. The second-order valence-electron chi connectivity index (χ2n) is 4.16. The summed E-state index contributed by atoms with van der Waals surface area (Å²) < 4.78 is 22.0. The first-order chi connectivity index (χ1) is 8.05. The summed E-state index contributed by atoms with van der Waals surface area (Å²) in [5.41, 5.74) is 0. The van der Waals surface area contributed by atoms with Crippen molar-refractivity contribution in [1.82, 2.24) is 10.3 Å². The predicted octanol–water partition coefficient (Wildman–Crippen LogP) is -0.250. The number of primary sulfonamides is 1. The predicted molar refractivity (Wildman–Crippen MR) is 65.1 cm³/mol. The first kappa shape index (κ1) is 12.3. The third-order valence-electron chi connectivity index (χ3n) is 2.80. The van der Waals surface area contributed by atoms with Gasteiger partial charge in [-0.15, -0.1) is 0 Å². The summed E-state index contributed by atoms with van der Waals surface area (Å²) in [6.07, 6.45) is 2.42. The van der Waals surface area contributed by atoms with Crippen LogP contribution in [0.1, 0.15) is 6.42 Å². The van der Waals surface area contributed by atoms with E-state index in [1.54, 1.807) is 6.07 Å². The van der Waals surface area contributed by atoms with Gasteiger partial charge in [0, 0.05) is 12.7 Å². The lowest BCUT2D eigenvalue weighted by Crippen LogP contribution is -2.18. The van der Waals surface area contributed by atoms with Crippen LogP contribution in [0.4, 0.5) is 5.82 Å². The van der Waals surface area contributed by atoms with E-state index in [9.17, 15) is 8.42 Å². The fourth-order valence-electron chi connectivity index (χ4n) is 1.79. The molecule has 0 spiro atoms. The quantitative estimate of drug-likeness (QED) is 0.690. The highest BCUT2D eigenvalue weighted by Crippen LogP contribution is 2.11. The molecule has 0 amide bonds. The zero-order valence-electron chi connectivity index (χ0n) is 9.39. The molecular weight excluding hydrogens is 240 g/mol. The van der Waals surface area contributed by atoms with Gasteiger partial charge in [0.05, 0.1) is 0 Å². The molecule has 7 heteroatoms. The Morgan fingerprint density at radius 2 is 2.35 bits per heavy atom. The Hall–Kier alpha value is -1.18. The van der Waals surface area contributed by atoms with Gasteiger partial charge in [-0.2, -0.15) is 0 Å². The Bertz CT molecular complexity index is 466. The van der Waals surface area contributed by atoms with E-state index in [1.165, 1.54) is 12.3 Å². The van der Waals surface area contributed by atoms with E-state index in [0.29, 0.717) is 11.7 Å². The van der Waals surface area contributed by atoms with Crippen molar-refractivity contribution < 1.29 is 8.42 Å². The molecule has 0 bridgehead atoms. The third kappa shape index (κ3) is 3.39. The van der Waals surface area contributed by atoms with Crippen molar-refractivity contribution in [2.75, 3.05) is 25.0 Å². The number of hydrogen-bond acceptors (Lipinski definition) is 5. The summed E-state index contributed by atoms with van der Waals surface area (Å²) in [4.78, 5) is 4.05. The number of pyridine rings is 1. The van der Waals surface area contributed by atoms with Gasteiger partial charge in [-0.05, 0) is 37.6 Å². The molecule has 1 aromatic heterocycles. The van der Waals surface area contributed by atoms with E-state index in [0.717, 1.165) is 26.1 Å². The van der Waals surface area contributed by atoms with Crippen molar-refractivity contribution in [2.45, 2.75) is 11.3 Å². The molecule has 1 atom stereocenters. The maximum Gasteiger partial charge on any atom is 0.239 e. The summed E-state index contributed by atoms with van der Waals surface area (Å²) in [6, 6.07) is 3.08. The second-order valence-corrected chi connectivity index (χ2v) is 5.73. The lowest BCUT2D eigenvalue weighted by atomic mass is 10.1. The van der Waals surface area contributed by atoms with Crippen LogP contribution < -0.4 is 15.8 Å². The smallest absolute Gasteiger partial charge is 0.239 e. The van der Waals surface area contributed by atoms with Crippen molar-refractivity contribution in [3.05, 3.63) is 18.3 Å². The Kier molecular flexibility index (Phi) is 3.60. The third-order valence-corrected chi connectivity index (χ3v) is 3.70. The summed E-state index contributed by atoms with van der Waals surface area (Å²) in [5.74, 6) is 1.28.